The Bertz CT molecular complexity index is 416. The van der Waals surface area contributed by atoms with Crippen molar-refractivity contribution in [3.63, 3.8) is 0 Å². The summed E-state index contributed by atoms with van der Waals surface area (Å²) in [6, 6.07) is 0. The first-order chi connectivity index (χ1) is 10.9. The van der Waals surface area contributed by atoms with Crippen LogP contribution >= 0.6 is 0 Å². The first kappa shape index (κ1) is 21.0. The Labute approximate surface area is 134 Å². The third-order valence-corrected chi connectivity index (χ3v) is 2.39. The zero-order chi connectivity index (χ0) is 17.7. The van der Waals surface area contributed by atoms with Crippen molar-refractivity contribution >= 4 is 17.8 Å². The minimum atomic E-state index is -1.27. The predicted molar refractivity (Wildman–Crippen MR) is 79.0 cm³/mol. The lowest BCUT2D eigenvalue weighted by Gasteiger charge is -2.23. The molecule has 0 unspecified atom stereocenters. The van der Waals surface area contributed by atoms with Gasteiger partial charge in [-0.05, 0) is 6.92 Å². The molecule has 0 saturated heterocycles. The third kappa shape index (κ3) is 10.4. The van der Waals surface area contributed by atoms with Crippen LogP contribution in [0.4, 0.5) is 0 Å². The van der Waals surface area contributed by atoms with Crippen molar-refractivity contribution < 1.29 is 33.7 Å². The molecule has 0 fully saturated rings. The highest BCUT2D eigenvalue weighted by Gasteiger charge is 2.16. The molecule has 0 atom stereocenters. The normalized spacial score (nSPS) is 11.2. The average Bonchev–Trinajstić information content (AvgIpc) is 2.50. The Morgan fingerprint density at radius 1 is 1.09 bits per heavy atom. The molecule has 0 aromatic carbocycles. The van der Waals surface area contributed by atoms with Gasteiger partial charge in [0.25, 0.3) is 5.91 Å². The molecule has 132 valence electrons. The van der Waals surface area contributed by atoms with Gasteiger partial charge in [-0.25, -0.2) is 25.6 Å². The van der Waals surface area contributed by atoms with E-state index in [9.17, 15) is 14.4 Å². The topological polar surface area (TPSA) is 126 Å². The van der Waals surface area contributed by atoms with Gasteiger partial charge in [0.2, 0.25) is 0 Å². The van der Waals surface area contributed by atoms with Crippen molar-refractivity contribution in [2.24, 2.45) is 0 Å². The molecule has 0 heterocycles. The molecule has 0 spiro atoms. The molecule has 0 aliphatic rings. The van der Waals surface area contributed by atoms with Crippen LogP contribution in [-0.4, -0.2) is 75.2 Å². The van der Waals surface area contributed by atoms with Gasteiger partial charge in [0.05, 0.1) is 13.2 Å². The molecular weight excluding hydrogens is 310 g/mol. The summed E-state index contributed by atoms with van der Waals surface area (Å²) in [5.41, 5.74) is 5.40. The molecule has 1 amide bonds. The minimum Gasteiger partial charge on any atom is -0.478 e. The van der Waals surface area contributed by atoms with Crippen LogP contribution in [0.2, 0.25) is 0 Å². The van der Waals surface area contributed by atoms with E-state index >= 15 is 0 Å². The number of carboxylic acid groups (broad SMARTS) is 1. The molecule has 0 aromatic rings. The number of hydrogen-bond donors (Lipinski definition) is 3. The molecule has 0 aliphatic heterocycles. The molecule has 0 aliphatic carbocycles. The summed E-state index contributed by atoms with van der Waals surface area (Å²) in [5, 5.41) is 9.61. The number of ether oxygens (including phenoxy) is 3. The molecule has 10 nitrogen and oxygen atoms in total. The summed E-state index contributed by atoms with van der Waals surface area (Å²) in [5.74, 6) is -2.71. The van der Waals surface area contributed by atoms with Gasteiger partial charge < -0.3 is 19.3 Å². The number of esters is 1. The van der Waals surface area contributed by atoms with Gasteiger partial charge in [-0.2, -0.15) is 0 Å². The second kappa shape index (κ2) is 12.5. The van der Waals surface area contributed by atoms with Crippen molar-refractivity contribution in [3.05, 3.63) is 11.6 Å². The lowest BCUT2D eigenvalue weighted by Crippen LogP contribution is -2.54. The molecule has 0 saturated carbocycles. The number of carbonyl (C=O) groups is 3. The highest BCUT2D eigenvalue weighted by Crippen LogP contribution is 1.97. The number of carbonyl (C=O) groups excluding carboxylic acids is 2. The second-order valence-corrected chi connectivity index (χ2v) is 4.27. The monoisotopic (exact) mass is 333 g/mol. The van der Waals surface area contributed by atoms with E-state index in [0.29, 0.717) is 32.4 Å². The minimum absolute atomic E-state index is 0.114. The van der Waals surface area contributed by atoms with Crippen LogP contribution in [0, 0.1) is 0 Å². The fourth-order valence-electron chi connectivity index (χ4n) is 1.30. The Morgan fingerprint density at radius 2 is 1.61 bits per heavy atom. The maximum Gasteiger partial charge on any atom is 0.334 e. The average molecular weight is 333 g/mol. The van der Waals surface area contributed by atoms with E-state index in [1.165, 1.54) is 21.1 Å². The van der Waals surface area contributed by atoms with E-state index < -0.39 is 24.5 Å². The number of hydrogen-bond acceptors (Lipinski definition) is 8. The Hall–Kier alpha value is -2.01. The predicted octanol–water partition coefficient (Wildman–Crippen LogP) is -1.31. The number of carboxylic acids is 1. The Morgan fingerprint density at radius 3 is 2.04 bits per heavy atom. The summed E-state index contributed by atoms with van der Waals surface area (Å²) in [6.45, 7) is 2.18. The fourth-order valence-corrected chi connectivity index (χ4v) is 1.30. The summed E-state index contributed by atoms with van der Waals surface area (Å²) in [7, 11) is 3.04. The summed E-state index contributed by atoms with van der Waals surface area (Å²) in [6.07, 6.45) is 0.707. The van der Waals surface area contributed by atoms with Crippen molar-refractivity contribution in [2.75, 3.05) is 47.1 Å². The number of aliphatic carboxylic acids is 1. The van der Waals surface area contributed by atoms with Crippen molar-refractivity contribution in [1.82, 2.24) is 16.0 Å². The zero-order valence-electron chi connectivity index (χ0n) is 13.5. The van der Waals surface area contributed by atoms with Crippen LogP contribution in [0.3, 0.4) is 0 Å². The maximum absolute atomic E-state index is 12.0. The van der Waals surface area contributed by atoms with E-state index in [1.54, 1.807) is 0 Å². The standard InChI is InChI=1S/C13H23N3O7/c1-10(8-12(18)19)13(20)23-9-11(17)16(14-4-6-21-2)15-5-7-22-3/h8,14-15H,4-7,9H2,1-3H3,(H,18,19). The van der Waals surface area contributed by atoms with E-state index in [2.05, 4.69) is 10.9 Å². The van der Waals surface area contributed by atoms with Crippen LogP contribution in [0.1, 0.15) is 6.92 Å². The number of rotatable bonds is 12. The summed E-state index contributed by atoms with van der Waals surface area (Å²) >= 11 is 0. The van der Waals surface area contributed by atoms with Crippen LogP contribution in [0.25, 0.3) is 0 Å². The molecule has 0 aromatic heterocycles. The number of amides is 1. The van der Waals surface area contributed by atoms with Crippen molar-refractivity contribution in [1.29, 1.82) is 0 Å². The van der Waals surface area contributed by atoms with Gasteiger partial charge in [-0.1, -0.05) is 0 Å². The van der Waals surface area contributed by atoms with E-state index in [4.69, 9.17) is 19.3 Å². The lowest BCUT2D eigenvalue weighted by molar-refractivity contribution is -0.153. The van der Waals surface area contributed by atoms with Crippen molar-refractivity contribution in [2.45, 2.75) is 6.92 Å². The SMILES string of the molecule is COCCNN(NCCOC)C(=O)COC(=O)C(C)=CC(=O)O. The molecule has 3 N–H and O–H groups in total. The first-order valence-corrected chi connectivity index (χ1v) is 6.78. The number of methoxy groups -OCH3 is 2. The van der Waals surface area contributed by atoms with Gasteiger partial charge >= 0.3 is 11.9 Å². The maximum atomic E-state index is 12.0. The van der Waals surface area contributed by atoms with Crippen LogP contribution in [0.15, 0.2) is 11.6 Å². The number of nitrogens with zero attached hydrogens (tertiary/aromatic N) is 1. The Kier molecular flexibility index (Phi) is 11.4. The molecule has 0 radical (unpaired) electrons. The van der Waals surface area contributed by atoms with Gasteiger partial charge in [0.1, 0.15) is 0 Å². The Balaban J connectivity index is 4.44. The van der Waals surface area contributed by atoms with E-state index in [1.807, 2.05) is 0 Å². The van der Waals surface area contributed by atoms with Gasteiger partial charge in [-0.3, -0.25) is 4.79 Å². The highest BCUT2D eigenvalue weighted by molar-refractivity contribution is 5.96. The first-order valence-electron chi connectivity index (χ1n) is 6.78. The van der Waals surface area contributed by atoms with Crippen molar-refractivity contribution in [3.8, 4) is 0 Å². The molecule has 23 heavy (non-hydrogen) atoms. The lowest BCUT2D eigenvalue weighted by atomic mass is 10.3. The number of hydrazine groups is 2. The fraction of sp³-hybridized carbons (Fsp3) is 0.615. The van der Waals surface area contributed by atoms with Crippen LogP contribution in [0.5, 0.6) is 0 Å². The van der Waals surface area contributed by atoms with Gasteiger partial charge in [0, 0.05) is 39.0 Å². The van der Waals surface area contributed by atoms with E-state index in [-0.39, 0.29) is 5.57 Å². The largest absolute Gasteiger partial charge is 0.478 e. The van der Waals surface area contributed by atoms with E-state index in [0.717, 1.165) is 5.12 Å². The smallest absolute Gasteiger partial charge is 0.334 e. The molecular formula is C13H23N3O7. The summed E-state index contributed by atoms with van der Waals surface area (Å²) < 4.78 is 14.5. The second-order valence-electron chi connectivity index (χ2n) is 4.27. The zero-order valence-corrected chi connectivity index (χ0v) is 13.5. The molecule has 10 heteroatoms. The highest BCUT2D eigenvalue weighted by atomic mass is 16.5. The molecule has 0 rings (SSSR count). The van der Waals surface area contributed by atoms with Crippen LogP contribution in [-0.2, 0) is 28.6 Å². The summed E-state index contributed by atoms with van der Waals surface area (Å²) in [4.78, 5) is 34.0. The molecule has 0 bridgehead atoms. The van der Waals surface area contributed by atoms with Gasteiger partial charge in [-0.15, -0.1) is 0 Å². The van der Waals surface area contributed by atoms with Gasteiger partial charge in [0.15, 0.2) is 6.61 Å². The number of nitrogens with one attached hydrogen (secondary N) is 2. The quantitative estimate of drug-likeness (QED) is 0.173. The third-order valence-electron chi connectivity index (χ3n) is 2.39. The van der Waals surface area contributed by atoms with Crippen LogP contribution < -0.4 is 10.9 Å².